The molecule has 0 saturated heterocycles. The Bertz CT molecular complexity index is 501. The van der Waals surface area contributed by atoms with Gasteiger partial charge in [0.1, 0.15) is 11.4 Å². The van der Waals surface area contributed by atoms with Crippen LogP contribution >= 0.6 is 15.9 Å². The summed E-state index contributed by atoms with van der Waals surface area (Å²) in [6, 6.07) is 4.24. The second-order valence-electron chi connectivity index (χ2n) is 4.62. The van der Waals surface area contributed by atoms with E-state index in [1.165, 1.54) is 19.2 Å². The van der Waals surface area contributed by atoms with E-state index in [9.17, 15) is 14.0 Å². The molecule has 0 bridgehead atoms. The van der Waals surface area contributed by atoms with Crippen LogP contribution in [0.1, 0.15) is 37.0 Å². The maximum absolute atomic E-state index is 13.7. The third-order valence-electron chi connectivity index (χ3n) is 2.97. The summed E-state index contributed by atoms with van der Waals surface area (Å²) in [6.07, 6.45) is 1.07. The Hall–Kier alpha value is -1.43. The lowest BCUT2D eigenvalue weighted by Gasteiger charge is -2.27. The zero-order valence-corrected chi connectivity index (χ0v) is 13.2. The van der Waals surface area contributed by atoms with E-state index >= 15 is 0 Å². The highest BCUT2D eigenvalue weighted by molar-refractivity contribution is 9.10. The number of esters is 1. The number of carbonyl (C=O) groups excluding carboxylic acids is 2. The second-order valence-corrected chi connectivity index (χ2v) is 5.48. The van der Waals surface area contributed by atoms with Crippen molar-refractivity contribution < 1.29 is 18.7 Å². The summed E-state index contributed by atoms with van der Waals surface area (Å²) >= 11 is 3.13. The number of halogens is 2. The predicted octanol–water partition coefficient (Wildman–Crippen LogP) is 3.05. The minimum absolute atomic E-state index is 0.126. The quantitative estimate of drug-likeness (QED) is 0.834. The van der Waals surface area contributed by atoms with E-state index in [1.54, 1.807) is 13.0 Å². The summed E-state index contributed by atoms with van der Waals surface area (Å²) in [4.78, 5) is 24.0. The number of amides is 1. The smallest absolute Gasteiger partial charge is 0.331 e. The predicted molar refractivity (Wildman–Crippen MR) is 76.9 cm³/mol. The Morgan fingerprint density at radius 1 is 1.45 bits per heavy atom. The van der Waals surface area contributed by atoms with E-state index in [1.807, 2.05) is 6.92 Å². The van der Waals surface area contributed by atoms with Crippen molar-refractivity contribution in [2.45, 2.75) is 32.2 Å². The molecule has 0 aromatic heterocycles. The Kier molecular flexibility index (Phi) is 5.68. The van der Waals surface area contributed by atoms with Crippen molar-refractivity contribution in [3.8, 4) is 0 Å². The Balaban J connectivity index is 3.06. The highest BCUT2D eigenvalue weighted by atomic mass is 79.9. The summed E-state index contributed by atoms with van der Waals surface area (Å²) in [6.45, 7) is 3.45. The molecule has 0 aliphatic carbocycles. The molecule has 0 spiro atoms. The van der Waals surface area contributed by atoms with Crippen LogP contribution in [0.3, 0.4) is 0 Å². The number of ether oxygens (including phenoxy) is 1. The van der Waals surface area contributed by atoms with Crippen LogP contribution in [0.4, 0.5) is 4.39 Å². The van der Waals surface area contributed by atoms with Crippen LogP contribution in [0.2, 0.25) is 0 Å². The van der Waals surface area contributed by atoms with Crippen LogP contribution in [0.15, 0.2) is 22.7 Å². The molecule has 110 valence electrons. The van der Waals surface area contributed by atoms with Gasteiger partial charge in [-0.15, -0.1) is 0 Å². The van der Waals surface area contributed by atoms with Crippen molar-refractivity contribution in [2.75, 3.05) is 7.11 Å². The first-order valence-corrected chi connectivity index (χ1v) is 7.00. The standard InChI is InChI=1S/C14H17BrFNO3/c1-4-8-14(2,13(19)20-3)17-12(18)11-9(15)6-5-7-10(11)16/h5-7H,4,8H2,1-3H3,(H,17,18). The van der Waals surface area contributed by atoms with E-state index in [2.05, 4.69) is 21.2 Å². The molecule has 1 aromatic rings. The average Bonchev–Trinajstić information content (AvgIpc) is 2.37. The van der Waals surface area contributed by atoms with Gasteiger partial charge >= 0.3 is 5.97 Å². The van der Waals surface area contributed by atoms with Gasteiger partial charge in [-0.3, -0.25) is 4.79 Å². The van der Waals surface area contributed by atoms with Gasteiger partial charge in [-0.2, -0.15) is 0 Å². The van der Waals surface area contributed by atoms with Crippen LogP contribution < -0.4 is 5.32 Å². The van der Waals surface area contributed by atoms with E-state index in [0.29, 0.717) is 17.3 Å². The van der Waals surface area contributed by atoms with Crippen molar-refractivity contribution >= 4 is 27.8 Å². The monoisotopic (exact) mass is 345 g/mol. The van der Waals surface area contributed by atoms with Gasteiger partial charge in [-0.1, -0.05) is 19.4 Å². The molecule has 0 heterocycles. The summed E-state index contributed by atoms with van der Waals surface area (Å²) in [5.74, 6) is -1.86. The lowest BCUT2D eigenvalue weighted by molar-refractivity contribution is -0.147. The number of benzene rings is 1. The number of methoxy groups -OCH3 is 1. The van der Waals surface area contributed by atoms with Crippen molar-refractivity contribution in [3.05, 3.63) is 34.1 Å². The number of carbonyl (C=O) groups is 2. The van der Waals surface area contributed by atoms with Crippen molar-refractivity contribution in [2.24, 2.45) is 0 Å². The first kappa shape index (κ1) is 16.6. The third-order valence-corrected chi connectivity index (χ3v) is 3.63. The molecule has 1 unspecified atom stereocenters. The first-order chi connectivity index (χ1) is 9.35. The molecule has 1 N–H and O–H groups in total. The van der Waals surface area contributed by atoms with E-state index in [-0.39, 0.29) is 5.56 Å². The molecule has 0 fully saturated rings. The lowest BCUT2D eigenvalue weighted by Crippen LogP contribution is -2.52. The SMILES string of the molecule is CCCC(C)(NC(=O)c1c(F)cccc1Br)C(=O)OC. The fourth-order valence-corrected chi connectivity index (χ4v) is 2.49. The van der Waals surface area contributed by atoms with Gasteiger partial charge in [-0.05, 0) is 41.4 Å². The molecule has 1 amide bonds. The van der Waals surface area contributed by atoms with E-state index in [4.69, 9.17) is 4.74 Å². The van der Waals surface area contributed by atoms with Gasteiger partial charge in [0.15, 0.2) is 0 Å². The fraction of sp³-hybridized carbons (Fsp3) is 0.429. The normalized spacial score (nSPS) is 13.4. The highest BCUT2D eigenvalue weighted by Gasteiger charge is 2.36. The zero-order chi connectivity index (χ0) is 15.3. The molecule has 1 atom stereocenters. The molecule has 20 heavy (non-hydrogen) atoms. The van der Waals surface area contributed by atoms with Gasteiger partial charge in [0.2, 0.25) is 0 Å². The van der Waals surface area contributed by atoms with Gasteiger partial charge in [-0.25, -0.2) is 9.18 Å². The number of rotatable bonds is 5. The van der Waals surface area contributed by atoms with Crippen LogP contribution in [-0.2, 0) is 9.53 Å². The molecule has 1 aromatic carbocycles. The molecular formula is C14H17BrFNO3. The highest BCUT2D eigenvalue weighted by Crippen LogP contribution is 2.22. The minimum atomic E-state index is -1.18. The van der Waals surface area contributed by atoms with Gasteiger partial charge in [0.25, 0.3) is 5.91 Å². The molecule has 1 rings (SSSR count). The van der Waals surface area contributed by atoms with Crippen LogP contribution in [0, 0.1) is 5.82 Å². The molecule has 0 aliphatic heterocycles. The number of hydrogen-bond acceptors (Lipinski definition) is 3. The lowest BCUT2D eigenvalue weighted by atomic mass is 9.95. The minimum Gasteiger partial charge on any atom is -0.467 e. The summed E-state index contributed by atoms with van der Waals surface area (Å²) in [7, 11) is 1.25. The topological polar surface area (TPSA) is 55.4 Å². The molecule has 0 aliphatic rings. The Labute approximate surface area is 125 Å². The Morgan fingerprint density at radius 3 is 2.60 bits per heavy atom. The molecule has 0 saturated carbocycles. The van der Waals surface area contributed by atoms with Crippen molar-refractivity contribution in [1.82, 2.24) is 5.32 Å². The van der Waals surface area contributed by atoms with Crippen molar-refractivity contribution in [1.29, 1.82) is 0 Å². The number of nitrogens with one attached hydrogen (secondary N) is 1. The fourth-order valence-electron chi connectivity index (χ4n) is 1.97. The third kappa shape index (κ3) is 3.56. The molecule has 4 nitrogen and oxygen atoms in total. The Morgan fingerprint density at radius 2 is 2.10 bits per heavy atom. The maximum atomic E-state index is 13.7. The van der Waals surface area contributed by atoms with Gasteiger partial charge < -0.3 is 10.1 Å². The number of hydrogen-bond donors (Lipinski definition) is 1. The summed E-state index contributed by atoms with van der Waals surface area (Å²) in [5, 5.41) is 2.56. The van der Waals surface area contributed by atoms with E-state index in [0.717, 1.165) is 0 Å². The zero-order valence-electron chi connectivity index (χ0n) is 11.6. The van der Waals surface area contributed by atoms with Crippen LogP contribution in [0.5, 0.6) is 0 Å². The van der Waals surface area contributed by atoms with E-state index < -0.39 is 23.2 Å². The molecular weight excluding hydrogens is 329 g/mol. The average molecular weight is 346 g/mol. The van der Waals surface area contributed by atoms with Crippen LogP contribution in [-0.4, -0.2) is 24.5 Å². The van der Waals surface area contributed by atoms with Gasteiger partial charge in [0, 0.05) is 4.47 Å². The van der Waals surface area contributed by atoms with Crippen molar-refractivity contribution in [3.63, 3.8) is 0 Å². The molecule has 6 heteroatoms. The van der Waals surface area contributed by atoms with Gasteiger partial charge in [0.05, 0.1) is 12.7 Å². The van der Waals surface area contributed by atoms with Crippen LogP contribution in [0.25, 0.3) is 0 Å². The molecule has 0 radical (unpaired) electrons. The first-order valence-electron chi connectivity index (χ1n) is 6.20. The summed E-state index contributed by atoms with van der Waals surface area (Å²) < 4.78 is 18.8. The largest absolute Gasteiger partial charge is 0.467 e. The second kappa shape index (κ2) is 6.83. The maximum Gasteiger partial charge on any atom is 0.331 e. The summed E-state index contributed by atoms with van der Waals surface area (Å²) in [5.41, 5.74) is -1.30.